The van der Waals surface area contributed by atoms with E-state index < -0.39 is 35.3 Å². The Hall–Kier alpha value is -0.480. The average molecular weight is 409 g/mol. The highest BCUT2D eigenvalue weighted by Crippen LogP contribution is 2.55. The molecule has 4 atom stereocenters. The maximum Gasteiger partial charge on any atom is 0.397 e. The van der Waals surface area contributed by atoms with Gasteiger partial charge >= 0.3 is 6.18 Å². The van der Waals surface area contributed by atoms with E-state index in [1.807, 2.05) is 0 Å². The van der Waals surface area contributed by atoms with E-state index in [0.717, 1.165) is 38.5 Å². The Bertz CT molecular complexity index is 485. The van der Waals surface area contributed by atoms with E-state index >= 15 is 0 Å². The van der Waals surface area contributed by atoms with Crippen LogP contribution in [0, 0.1) is 23.7 Å². The molecule has 1 saturated heterocycles. The average Bonchev–Trinajstić information content (AvgIpc) is 2.66. The van der Waals surface area contributed by atoms with Crippen molar-refractivity contribution in [2.45, 2.75) is 94.6 Å². The van der Waals surface area contributed by atoms with Gasteiger partial charge in [-0.05, 0) is 25.2 Å². The lowest BCUT2D eigenvalue weighted by Gasteiger charge is -2.52. The van der Waals surface area contributed by atoms with Crippen LogP contribution >= 0.6 is 11.6 Å². The monoisotopic (exact) mass is 408 g/mol. The number of hydrogen-bond acceptors (Lipinski definition) is 3. The molecule has 1 aliphatic heterocycles. The molecular weight excluding hydrogens is 377 g/mol. The summed E-state index contributed by atoms with van der Waals surface area (Å²) in [6.07, 6.45) is 7.65. The lowest BCUT2D eigenvalue weighted by molar-refractivity contribution is -0.271. The Morgan fingerprint density at radius 2 is 1.59 bits per heavy atom. The highest BCUT2D eigenvalue weighted by atomic mass is 35.5. The van der Waals surface area contributed by atoms with Crippen LogP contribution in [0.1, 0.15) is 70.6 Å². The molecule has 0 bridgehead atoms. The Balaban J connectivity index is 2.24. The fourth-order valence-electron chi connectivity index (χ4n) is 4.72. The van der Waals surface area contributed by atoms with Crippen LogP contribution in [0.25, 0.3) is 0 Å². The summed E-state index contributed by atoms with van der Waals surface area (Å²) < 4.78 is 48.7. The van der Waals surface area contributed by atoms with Crippen molar-refractivity contribution in [3.8, 4) is 12.3 Å². The first-order valence-electron chi connectivity index (χ1n) is 10.1. The number of terminal acetylenes is 1. The van der Waals surface area contributed by atoms with Gasteiger partial charge in [-0.15, -0.1) is 18.0 Å². The summed E-state index contributed by atoms with van der Waals surface area (Å²) in [5.41, 5.74) is 4.09. The standard InChI is InChI=1S/C20H32ClF3N2O/c1-2-13-27-17-16(21)14-19(18(25)26-17,20(22,23)24)15-11-9-7-5-3-4-6-8-10-12-15/h1,15-18,26H,3-14,25H2. The first kappa shape index (κ1) is 22.8. The molecule has 0 aromatic carbocycles. The van der Waals surface area contributed by atoms with Gasteiger partial charge in [-0.2, -0.15) is 13.2 Å². The van der Waals surface area contributed by atoms with Crippen LogP contribution in [0.2, 0.25) is 0 Å². The van der Waals surface area contributed by atoms with Gasteiger partial charge in [0.15, 0.2) is 0 Å². The summed E-state index contributed by atoms with van der Waals surface area (Å²) in [5.74, 6) is 1.78. The SMILES string of the molecule is C#CCOC1NC(N)C(C2CCCCCCCCCC2)(C(F)(F)F)CC1Cl. The molecule has 1 saturated carbocycles. The van der Waals surface area contributed by atoms with Gasteiger partial charge in [-0.25, -0.2) is 0 Å². The van der Waals surface area contributed by atoms with Crippen molar-refractivity contribution in [1.82, 2.24) is 5.32 Å². The van der Waals surface area contributed by atoms with Crippen LogP contribution in [-0.4, -0.2) is 30.6 Å². The lowest BCUT2D eigenvalue weighted by atomic mass is 9.64. The Labute approximate surface area is 165 Å². The third-order valence-electron chi connectivity index (χ3n) is 6.22. The zero-order chi connectivity index (χ0) is 19.9. The number of alkyl halides is 4. The number of nitrogens with one attached hydrogen (secondary N) is 1. The summed E-state index contributed by atoms with van der Waals surface area (Å²) in [4.78, 5) is 0. The highest BCUT2D eigenvalue weighted by molar-refractivity contribution is 6.21. The molecule has 0 amide bonds. The van der Waals surface area contributed by atoms with Crippen molar-refractivity contribution in [3.05, 3.63) is 0 Å². The molecule has 7 heteroatoms. The predicted octanol–water partition coefficient (Wildman–Crippen LogP) is 4.93. The van der Waals surface area contributed by atoms with E-state index in [9.17, 15) is 13.2 Å². The normalized spacial score (nSPS) is 35.2. The quantitative estimate of drug-likeness (QED) is 0.514. The number of piperidine rings is 1. The second kappa shape index (κ2) is 10.3. The predicted molar refractivity (Wildman–Crippen MR) is 102 cm³/mol. The highest BCUT2D eigenvalue weighted by Gasteiger charge is 2.65. The molecule has 0 radical (unpaired) electrons. The minimum absolute atomic E-state index is 0.0178. The Morgan fingerprint density at radius 3 is 2.07 bits per heavy atom. The molecule has 156 valence electrons. The summed E-state index contributed by atoms with van der Waals surface area (Å²) in [6, 6.07) is 0. The molecule has 0 spiro atoms. The zero-order valence-corrected chi connectivity index (χ0v) is 16.6. The lowest BCUT2D eigenvalue weighted by Crippen LogP contribution is -2.70. The van der Waals surface area contributed by atoms with E-state index in [1.54, 1.807) is 0 Å². The molecule has 3 N–H and O–H groups in total. The van der Waals surface area contributed by atoms with Gasteiger partial charge in [0, 0.05) is 0 Å². The van der Waals surface area contributed by atoms with E-state index in [4.69, 9.17) is 28.5 Å². The van der Waals surface area contributed by atoms with E-state index in [1.165, 1.54) is 12.8 Å². The minimum atomic E-state index is -4.44. The first-order valence-corrected chi connectivity index (χ1v) is 10.5. The second-order valence-corrected chi connectivity index (χ2v) is 8.50. The molecule has 4 unspecified atom stereocenters. The third-order valence-corrected chi connectivity index (χ3v) is 6.60. The summed E-state index contributed by atoms with van der Waals surface area (Å²) in [6.45, 7) is -0.0178. The maximum absolute atomic E-state index is 14.4. The summed E-state index contributed by atoms with van der Waals surface area (Å²) >= 11 is 6.34. The van der Waals surface area contributed by atoms with Crippen LogP contribution in [-0.2, 0) is 4.74 Å². The number of nitrogens with two attached hydrogens (primary N) is 1. The van der Waals surface area contributed by atoms with Gasteiger partial charge in [-0.3, -0.25) is 5.32 Å². The molecule has 1 heterocycles. The van der Waals surface area contributed by atoms with Crippen LogP contribution in [0.4, 0.5) is 13.2 Å². The largest absolute Gasteiger partial charge is 0.397 e. The van der Waals surface area contributed by atoms with Crippen molar-refractivity contribution in [3.63, 3.8) is 0 Å². The number of ether oxygens (including phenoxy) is 1. The Morgan fingerprint density at radius 1 is 1.07 bits per heavy atom. The minimum Gasteiger partial charge on any atom is -0.349 e. The molecule has 2 fully saturated rings. The van der Waals surface area contributed by atoms with E-state index in [2.05, 4.69) is 11.2 Å². The molecule has 2 aliphatic rings. The summed E-state index contributed by atoms with van der Waals surface area (Å²) in [5, 5.41) is 1.94. The van der Waals surface area contributed by atoms with Gasteiger partial charge in [0.1, 0.15) is 12.8 Å². The molecular formula is C20H32ClF3N2O. The van der Waals surface area contributed by atoms with Crippen LogP contribution in [0.3, 0.4) is 0 Å². The van der Waals surface area contributed by atoms with Gasteiger partial charge < -0.3 is 10.5 Å². The fraction of sp³-hybridized carbons (Fsp3) is 0.900. The van der Waals surface area contributed by atoms with Crippen LogP contribution < -0.4 is 11.1 Å². The van der Waals surface area contributed by atoms with Crippen LogP contribution in [0.5, 0.6) is 0 Å². The molecule has 3 nitrogen and oxygen atoms in total. The van der Waals surface area contributed by atoms with Gasteiger partial charge in [0.2, 0.25) is 0 Å². The second-order valence-electron chi connectivity index (χ2n) is 7.94. The van der Waals surface area contributed by atoms with Crippen molar-refractivity contribution >= 4 is 11.6 Å². The number of rotatable bonds is 3. The molecule has 0 aromatic rings. The van der Waals surface area contributed by atoms with E-state index in [0.29, 0.717) is 12.8 Å². The van der Waals surface area contributed by atoms with Crippen molar-refractivity contribution in [1.29, 1.82) is 0 Å². The third kappa shape index (κ3) is 5.53. The summed E-state index contributed by atoms with van der Waals surface area (Å²) in [7, 11) is 0. The van der Waals surface area contributed by atoms with E-state index in [-0.39, 0.29) is 13.0 Å². The van der Waals surface area contributed by atoms with Gasteiger partial charge in [0.25, 0.3) is 0 Å². The topological polar surface area (TPSA) is 47.3 Å². The zero-order valence-electron chi connectivity index (χ0n) is 15.9. The Kier molecular flexibility index (Phi) is 8.73. The van der Waals surface area contributed by atoms with Crippen LogP contribution in [0.15, 0.2) is 0 Å². The van der Waals surface area contributed by atoms with Crippen molar-refractivity contribution in [2.24, 2.45) is 17.1 Å². The van der Waals surface area contributed by atoms with Gasteiger partial charge in [-0.1, -0.05) is 57.3 Å². The smallest absolute Gasteiger partial charge is 0.349 e. The van der Waals surface area contributed by atoms with Crippen molar-refractivity contribution < 1.29 is 17.9 Å². The molecule has 1 aliphatic carbocycles. The first-order chi connectivity index (χ1) is 12.8. The van der Waals surface area contributed by atoms with Gasteiger partial charge in [0.05, 0.1) is 17.0 Å². The molecule has 2 rings (SSSR count). The van der Waals surface area contributed by atoms with Crippen molar-refractivity contribution in [2.75, 3.05) is 6.61 Å². The number of halogens is 4. The number of hydrogen-bond donors (Lipinski definition) is 2. The maximum atomic E-state index is 14.4. The molecule has 27 heavy (non-hydrogen) atoms. The fourth-order valence-corrected chi connectivity index (χ4v) is 5.12. The molecule has 0 aromatic heterocycles.